The van der Waals surface area contributed by atoms with Gasteiger partial charge in [0, 0.05) is 56.7 Å². The summed E-state index contributed by atoms with van der Waals surface area (Å²) in [6.07, 6.45) is 6.16. The van der Waals surface area contributed by atoms with Crippen LogP contribution in [0.4, 0.5) is 28.8 Å². The van der Waals surface area contributed by atoms with Crippen molar-refractivity contribution in [1.29, 1.82) is 0 Å². The van der Waals surface area contributed by atoms with Crippen molar-refractivity contribution in [1.82, 2.24) is 20.2 Å². The van der Waals surface area contributed by atoms with Gasteiger partial charge < -0.3 is 41.0 Å². The summed E-state index contributed by atoms with van der Waals surface area (Å²) in [5.41, 5.74) is 9.16. The second-order valence-corrected chi connectivity index (χ2v) is 10.7. The van der Waals surface area contributed by atoms with Crippen molar-refractivity contribution in [3.8, 4) is 5.75 Å². The Morgan fingerprint density at radius 2 is 1.82 bits per heavy atom. The summed E-state index contributed by atoms with van der Waals surface area (Å²) >= 11 is 0. The second kappa shape index (κ2) is 14.5. The number of anilines is 5. The van der Waals surface area contributed by atoms with Crippen molar-refractivity contribution >= 4 is 28.8 Å². The van der Waals surface area contributed by atoms with Crippen molar-refractivity contribution in [3.05, 3.63) is 23.9 Å². The quantitative estimate of drug-likeness (QED) is 0.299. The van der Waals surface area contributed by atoms with E-state index < -0.39 is 0 Å². The Kier molecular flexibility index (Phi) is 10.9. The Bertz CT molecular complexity index is 1040. The molecule has 0 atom stereocenters. The Hall–Kier alpha value is -2.82. The van der Waals surface area contributed by atoms with E-state index in [1.807, 2.05) is 6.07 Å². The summed E-state index contributed by atoms with van der Waals surface area (Å²) in [4.78, 5) is 14.3. The van der Waals surface area contributed by atoms with Crippen molar-refractivity contribution in [3.63, 3.8) is 0 Å². The van der Waals surface area contributed by atoms with Crippen molar-refractivity contribution in [2.45, 2.75) is 64.5 Å². The van der Waals surface area contributed by atoms with Gasteiger partial charge in [-0.05, 0) is 70.8 Å². The number of aromatic nitrogens is 2. The molecule has 2 fully saturated rings. The number of likely N-dealkylation sites (tertiary alicyclic amines) is 1. The van der Waals surface area contributed by atoms with E-state index in [4.69, 9.17) is 20.2 Å². The zero-order chi connectivity index (χ0) is 27.6. The standard InChI is InChI=1S/C29H48N8O2/c1-5-14-37(17-13-31-21-9-15-36(3)16-10-21)25-8-7-23(20-26(25)38-4)33-29-27(30)34-24(6-2)28(35-29)32-22-11-18-39-19-12-22/h7-8,20-22,31H,5-6,9-19H2,1-4H3,(H2,30,34)(H2,32,33,35). The molecule has 0 unspecified atom stereocenters. The average molecular weight is 541 g/mol. The van der Waals surface area contributed by atoms with E-state index in [1.165, 1.54) is 25.9 Å². The molecule has 0 spiro atoms. The number of piperidine rings is 1. The third kappa shape index (κ3) is 8.09. The highest BCUT2D eigenvalue weighted by Gasteiger charge is 2.20. The predicted octanol–water partition coefficient (Wildman–Crippen LogP) is 3.86. The zero-order valence-corrected chi connectivity index (χ0v) is 24.3. The number of nitrogens with two attached hydrogens (primary N) is 1. The van der Waals surface area contributed by atoms with E-state index in [0.717, 1.165) is 87.2 Å². The molecule has 2 saturated heterocycles. The number of hydrogen-bond donors (Lipinski definition) is 4. The number of rotatable bonds is 13. The summed E-state index contributed by atoms with van der Waals surface area (Å²) in [5.74, 6) is 2.55. The highest BCUT2D eigenvalue weighted by atomic mass is 16.5. The number of nitrogens with zero attached hydrogens (tertiary/aromatic N) is 4. The summed E-state index contributed by atoms with van der Waals surface area (Å²) in [5, 5.41) is 10.7. The molecular weight excluding hydrogens is 492 g/mol. The van der Waals surface area contributed by atoms with Crippen LogP contribution in [0.1, 0.15) is 51.6 Å². The predicted molar refractivity (Wildman–Crippen MR) is 161 cm³/mol. The van der Waals surface area contributed by atoms with Crippen molar-refractivity contribution in [2.75, 3.05) is 81.4 Å². The lowest BCUT2D eigenvalue weighted by Gasteiger charge is -2.31. The fourth-order valence-electron chi connectivity index (χ4n) is 5.37. The number of methoxy groups -OCH3 is 1. The molecule has 216 valence electrons. The average Bonchev–Trinajstić information content (AvgIpc) is 2.95. The van der Waals surface area contributed by atoms with Crippen LogP contribution in [0.5, 0.6) is 5.75 Å². The molecular formula is C29H48N8O2. The Balaban J connectivity index is 1.45. The molecule has 0 saturated carbocycles. The lowest BCUT2D eigenvalue weighted by Crippen LogP contribution is -2.43. The van der Waals surface area contributed by atoms with Gasteiger partial charge in [-0.15, -0.1) is 0 Å². The molecule has 1 aromatic heterocycles. The maximum absolute atomic E-state index is 6.33. The summed E-state index contributed by atoms with van der Waals surface area (Å²) in [7, 11) is 3.93. The van der Waals surface area contributed by atoms with Gasteiger partial charge in [-0.3, -0.25) is 0 Å². The fourth-order valence-corrected chi connectivity index (χ4v) is 5.37. The molecule has 5 N–H and O–H groups in total. The van der Waals surface area contributed by atoms with Crippen LogP contribution in [0, 0.1) is 0 Å². The number of ether oxygens (including phenoxy) is 2. The minimum atomic E-state index is 0.327. The van der Waals surface area contributed by atoms with Gasteiger partial charge >= 0.3 is 0 Å². The Morgan fingerprint density at radius 1 is 1.05 bits per heavy atom. The largest absolute Gasteiger partial charge is 0.495 e. The summed E-state index contributed by atoms with van der Waals surface area (Å²) in [6, 6.07) is 7.13. The number of nitrogens with one attached hydrogen (secondary N) is 3. The number of hydrogen-bond acceptors (Lipinski definition) is 10. The van der Waals surface area contributed by atoms with Gasteiger partial charge in [0.05, 0.1) is 18.5 Å². The summed E-state index contributed by atoms with van der Waals surface area (Å²) < 4.78 is 11.4. The molecule has 0 aliphatic carbocycles. The maximum Gasteiger partial charge on any atom is 0.175 e. The first-order chi connectivity index (χ1) is 19.0. The highest BCUT2D eigenvalue weighted by Crippen LogP contribution is 2.33. The molecule has 2 aromatic rings. The molecule has 10 nitrogen and oxygen atoms in total. The third-order valence-corrected chi connectivity index (χ3v) is 7.70. The maximum atomic E-state index is 6.33. The molecule has 4 rings (SSSR count). The number of benzene rings is 1. The van der Waals surface area contributed by atoms with E-state index in [-0.39, 0.29) is 0 Å². The molecule has 0 bridgehead atoms. The first-order valence-corrected chi connectivity index (χ1v) is 14.6. The lowest BCUT2D eigenvalue weighted by molar-refractivity contribution is 0.0903. The first kappa shape index (κ1) is 29.2. The molecule has 2 aliphatic heterocycles. The smallest absolute Gasteiger partial charge is 0.175 e. The van der Waals surface area contributed by atoms with E-state index in [1.54, 1.807) is 7.11 Å². The molecule has 10 heteroatoms. The molecule has 3 heterocycles. The molecule has 0 radical (unpaired) electrons. The van der Waals surface area contributed by atoms with Crippen LogP contribution >= 0.6 is 0 Å². The fraction of sp³-hybridized carbons (Fsp3) is 0.655. The molecule has 1 aromatic carbocycles. The van der Waals surface area contributed by atoms with E-state index in [9.17, 15) is 0 Å². The molecule has 39 heavy (non-hydrogen) atoms. The van der Waals surface area contributed by atoms with Crippen LogP contribution in [0.15, 0.2) is 18.2 Å². The minimum Gasteiger partial charge on any atom is -0.495 e. The molecule has 2 aliphatic rings. The van der Waals surface area contributed by atoms with Gasteiger partial charge in [-0.25, -0.2) is 9.97 Å². The van der Waals surface area contributed by atoms with E-state index in [0.29, 0.717) is 23.7 Å². The van der Waals surface area contributed by atoms with Crippen LogP contribution in [0.25, 0.3) is 0 Å². The van der Waals surface area contributed by atoms with E-state index in [2.05, 4.69) is 63.8 Å². The van der Waals surface area contributed by atoms with Crippen LogP contribution in [0.2, 0.25) is 0 Å². The number of aryl methyl sites for hydroxylation is 1. The van der Waals surface area contributed by atoms with Crippen molar-refractivity contribution in [2.24, 2.45) is 0 Å². The Labute approximate surface area is 234 Å². The van der Waals surface area contributed by atoms with E-state index >= 15 is 0 Å². The van der Waals surface area contributed by atoms with Gasteiger partial charge in [-0.2, -0.15) is 0 Å². The van der Waals surface area contributed by atoms with Gasteiger partial charge in [0.2, 0.25) is 0 Å². The minimum absolute atomic E-state index is 0.327. The SMILES string of the molecule is CCCN(CCNC1CCN(C)CC1)c1ccc(Nc2nc(NC3CCOCC3)c(CC)nc2N)cc1OC. The van der Waals surface area contributed by atoms with Crippen LogP contribution in [0.3, 0.4) is 0 Å². The molecule has 0 amide bonds. The highest BCUT2D eigenvalue weighted by molar-refractivity contribution is 5.72. The van der Waals surface area contributed by atoms with Gasteiger partial charge in [0.1, 0.15) is 5.75 Å². The first-order valence-electron chi connectivity index (χ1n) is 14.6. The Morgan fingerprint density at radius 3 is 2.51 bits per heavy atom. The third-order valence-electron chi connectivity index (χ3n) is 7.70. The van der Waals surface area contributed by atoms with Gasteiger partial charge in [0.15, 0.2) is 17.5 Å². The summed E-state index contributed by atoms with van der Waals surface area (Å²) in [6.45, 7) is 11.0. The topological polar surface area (TPSA) is 113 Å². The normalized spacial score (nSPS) is 17.2. The van der Waals surface area contributed by atoms with Crippen LogP contribution in [-0.4, -0.2) is 87.0 Å². The lowest BCUT2D eigenvalue weighted by atomic mass is 10.1. The van der Waals surface area contributed by atoms with Gasteiger partial charge in [-0.1, -0.05) is 13.8 Å². The van der Waals surface area contributed by atoms with Crippen LogP contribution < -0.4 is 31.3 Å². The van der Waals surface area contributed by atoms with Gasteiger partial charge in [0.25, 0.3) is 0 Å². The van der Waals surface area contributed by atoms with Crippen LogP contribution in [-0.2, 0) is 11.2 Å². The zero-order valence-electron chi connectivity index (χ0n) is 24.3. The van der Waals surface area contributed by atoms with Crippen molar-refractivity contribution < 1.29 is 9.47 Å². The monoisotopic (exact) mass is 540 g/mol. The second-order valence-electron chi connectivity index (χ2n) is 10.7. The number of nitrogen functional groups attached to an aromatic ring is 1.